The first-order valence-electron chi connectivity index (χ1n) is 9.91. The number of carbonyl (C=O) groups is 1. The summed E-state index contributed by atoms with van der Waals surface area (Å²) in [5.41, 5.74) is 5.39. The molecule has 3 aromatic carbocycles. The van der Waals surface area contributed by atoms with Gasteiger partial charge in [0.1, 0.15) is 0 Å². The Balaban J connectivity index is 1.55. The standard InChI is InChI=1S/C24H24N2O3S/c1-17-8-9-19(14-18(17)2)16-25-24(27)21-11-10-20-12-13-26(23(20)15-21)30(28,29)22-6-4-3-5-7-22/h3-11,14-15H,12-13,16H2,1-2H3,(H,25,27). The molecule has 1 heterocycles. The van der Waals surface area contributed by atoms with E-state index < -0.39 is 10.0 Å². The molecule has 0 aromatic heterocycles. The van der Waals surface area contributed by atoms with Crippen LogP contribution in [0.5, 0.6) is 0 Å². The predicted octanol–water partition coefficient (Wildman–Crippen LogP) is 3.98. The highest BCUT2D eigenvalue weighted by molar-refractivity contribution is 7.92. The number of nitrogens with zero attached hydrogens (tertiary/aromatic N) is 1. The summed E-state index contributed by atoms with van der Waals surface area (Å²) in [7, 11) is -3.66. The third-order valence-corrected chi connectivity index (χ3v) is 7.38. The van der Waals surface area contributed by atoms with Crippen LogP contribution >= 0.6 is 0 Å². The van der Waals surface area contributed by atoms with Gasteiger partial charge in [0.25, 0.3) is 15.9 Å². The number of rotatable bonds is 5. The Kier molecular flexibility index (Phi) is 5.35. The number of aryl methyl sites for hydroxylation is 2. The fourth-order valence-corrected chi connectivity index (χ4v) is 5.17. The van der Waals surface area contributed by atoms with Crippen molar-refractivity contribution in [3.8, 4) is 0 Å². The number of benzene rings is 3. The van der Waals surface area contributed by atoms with E-state index in [9.17, 15) is 13.2 Å². The van der Waals surface area contributed by atoms with Gasteiger partial charge in [-0.05, 0) is 66.8 Å². The van der Waals surface area contributed by atoms with Gasteiger partial charge in [-0.1, -0.05) is 42.5 Å². The predicted molar refractivity (Wildman–Crippen MR) is 118 cm³/mol. The van der Waals surface area contributed by atoms with Crippen LogP contribution in [0, 0.1) is 13.8 Å². The lowest BCUT2D eigenvalue weighted by Crippen LogP contribution is -2.29. The maximum Gasteiger partial charge on any atom is 0.264 e. The van der Waals surface area contributed by atoms with E-state index in [0.717, 1.165) is 11.1 Å². The second-order valence-corrected chi connectivity index (χ2v) is 9.45. The van der Waals surface area contributed by atoms with E-state index in [4.69, 9.17) is 0 Å². The van der Waals surface area contributed by atoms with Crippen molar-refractivity contribution in [2.45, 2.75) is 31.7 Å². The van der Waals surface area contributed by atoms with Crippen molar-refractivity contribution in [3.63, 3.8) is 0 Å². The summed E-state index contributed by atoms with van der Waals surface area (Å²) in [5.74, 6) is -0.222. The summed E-state index contributed by atoms with van der Waals surface area (Å²) >= 11 is 0. The zero-order chi connectivity index (χ0) is 21.3. The molecule has 1 aliphatic heterocycles. The highest BCUT2D eigenvalue weighted by Gasteiger charge is 2.31. The van der Waals surface area contributed by atoms with Crippen LogP contribution in [-0.4, -0.2) is 20.9 Å². The normalized spacial score (nSPS) is 13.2. The Hall–Kier alpha value is -3.12. The van der Waals surface area contributed by atoms with Crippen molar-refractivity contribution >= 4 is 21.6 Å². The summed E-state index contributed by atoms with van der Waals surface area (Å²) in [6.07, 6.45) is 0.631. The third kappa shape index (κ3) is 3.83. The minimum absolute atomic E-state index is 0.222. The van der Waals surface area contributed by atoms with Gasteiger partial charge in [-0.2, -0.15) is 0 Å². The minimum Gasteiger partial charge on any atom is -0.348 e. The van der Waals surface area contributed by atoms with Crippen LogP contribution in [0.3, 0.4) is 0 Å². The number of fused-ring (bicyclic) bond motifs is 1. The maximum atomic E-state index is 13.1. The van der Waals surface area contributed by atoms with E-state index in [1.54, 1.807) is 42.5 Å². The van der Waals surface area contributed by atoms with Crippen molar-refractivity contribution in [1.29, 1.82) is 0 Å². The third-order valence-electron chi connectivity index (χ3n) is 5.56. The van der Waals surface area contributed by atoms with Gasteiger partial charge in [-0.25, -0.2) is 8.42 Å². The van der Waals surface area contributed by atoms with Crippen molar-refractivity contribution in [3.05, 3.63) is 94.5 Å². The summed E-state index contributed by atoms with van der Waals surface area (Å²) in [6.45, 7) is 4.89. The average Bonchev–Trinajstić information content (AvgIpc) is 3.19. The smallest absolute Gasteiger partial charge is 0.264 e. The van der Waals surface area contributed by atoms with Crippen LogP contribution in [0.4, 0.5) is 5.69 Å². The molecule has 1 amide bonds. The molecule has 0 fully saturated rings. The molecule has 30 heavy (non-hydrogen) atoms. The number of hydrogen-bond acceptors (Lipinski definition) is 3. The largest absolute Gasteiger partial charge is 0.348 e. The molecule has 1 aliphatic rings. The highest BCUT2D eigenvalue weighted by atomic mass is 32.2. The Bertz CT molecular complexity index is 1200. The zero-order valence-electron chi connectivity index (χ0n) is 17.1. The SMILES string of the molecule is Cc1ccc(CNC(=O)c2ccc3c(c2)N(S(=O)(=O)c2ccccc2)CC3)cc1C. The van der Waals surface area contributed by atoms with Gasteiger partial charge < -0.3 is 5.32 Å². The number of nitrogens with one attached hydrogen (secondary N) is 1. The maximum absolute atomic E-state index is 13.1. The van der Waals surface area contributed by atoms with Crippen molar-refractivity contribution in [1.82, 2.24) is 5.32 Å². The molecule has 3 aromatic rings. The minimum atomic E-state index is -3.66. The molecule has 0 radical (unpaired) electrons. The van der Waals surface area contributed by atoms with Gasteiger partial charge >= 0.3 is 0 Å². The lowest BCUT2D eigenvalue weighted by Gasteiger charge is -2.20. The van der Waals surface area contributed by atoms with Crippen LogP contribution in [0.25, 0.3) is 0 Å². The van der Waals surface area contributed by atoms with Gasteiger partial charge in [-0.3, -0.25) is 9.10 Å². The van der Waals surface area contributed by atoms with E-state index in [1.807, 2.05) is 25.1 Å². The first-order chi connectivity index (χ1) is 14.4. The Morgan fingerprint density at radius 3 is 2.47 bits per heavy atom. The number of carbonyl (C=O) groups excluding carboxylic acids is 1. The van der Waals surface area contributed by atoms with Gasteiger partial charge in [-0.15, -0.1) is 0 Å². The summed E-state index contributed by atoms with van der Waals surface area (Å²) in [4.78, 5) is 13.0. The first kappa shape index (κ1) is 20.2. The topological polar surface area (TPSA) is 66.5 Å². The molecule has 5 nitrogen and oxygen atoms in total. The fourth-order valence-electron chi connectivity index (χ4n) is 3.66. The molecular weight excluding hydrogens is 396 g/mol. The van der Waals surface area contributed by atoms with Gasteiger partial charge in [0.2, 0.25) is 0 Å². The molecule has 0 saturated carbocycles. The van der Waals surface area contributed by atoms with Gasteiger partial charge in [0.05, 0.1) is 10.6 Å². The van der Waals surface area contributed by atoms with Crippen molar-refractivity contribution in [2.24, 2.45) is 0 Å². The van der Waals surface area contributed by atoms with E-state index in [1.165, 1.54) is 15.4 Å². The van der Waals surface area contributed by atoms with Crippen LogP contribution in [0.2, 0.25) is 0 Å². The molecule has 0 saturated heterocycles. The molecule has 0 spiro atoms. The van der Waals surface area contributed by atoms with Gasteiger partial charge in [0.15, 0.2) is 0 Å². The number of amides is 1. The zero-order valence-corrected chi connectivity index (χ0v) is 17.9. The van der Waals surface area contributed by atoms with E-state index in [2.05, 4.69) is 18.3 Å². The molecule has 6 heteroatoms. The average molecular weight is 421 g/mol. The van der Waals surface area contributed by atoms with Crippen LogP contribution in [-0.2, 0) is 23.0 Å². The Morgan fingerprint density at radius 1 is 0.967 bits per heavy atom. The van der Waals surface area contributed by atoms with Crippen LogP contribution in [0.15, 0.2) is 71.6 Å². The summed E-state index contributed by atoms with van der Waals surface area (Å²) < 4.78 is 27.5. The lowest BCUT2D eigenvalue weighted by atomic mass is 10.1. The molecule has 0 aliphatic carbocycles. The van der Waals surface area contributed by atoms with Crippen LogP contribution < -0.4 is 9.62 Å². The van der Waals surface area contributed by atoms with E-state index in [-0.39, 0.29) is 10.8 Å². The molecule has 154 valence electrons. The lowest BCUT2D eigenvalue weighted by molar-refractivity contribution is 0.0951. The first-order valence-corrected chi connectivity index (χ1v) is 11.4. The summed E-state index contributed by atoms with van der Waals surface area (Å²) in [6, 6.07) is 19.8. The summed E-state index contributed by atoms with van der Waals surface area (Å²) in [5, 5.41) is 2.93. The molecule has 1 N–H and O–H groups in total. The van der Waals surface area contributed by atoms with Gasteiger partial charge in [0, 0.05) is 18.7 Å². The second-order valence-electron chi connectivity index (χ2n) is 7.59. The highest BCUT2D eigenvalue weighted by Crippen LogP contribution is 2.33. The fraction of sp³-hybridized carbons (Fsp3) is 0.208. The number of hydrogen-bond donors (Lipinski definition) is 1. The Morgan fingerprint density at radius 2 is 1.73 bits per heavy atom. The Labute approximate surface area is 177 Å². The molecule has 4 rings (SSSR count). The molecular formula is C24H24N2O3S. The second kappa shape index (κ2) is 7.95. The number of anilines is 1. The van der Waals surface area contributed by atoms with E-state index >= 15 is 0 Å². The van der Waals surface area contributed by atoms with Crippen LogP contribution in [0.1, 0.15) is 32.6 Å². The quantitative estimate of drug-likeness (QED) is 0.679. The van der Waals surface area contributed by atoms with E-state index in [0.29, 0.717) is 30.8 Å². The monoisotopic (exact) mass is 420 g/mol. The molecule has 0 atom stereocenters. The number of sulfonamides is 1. The molecule has 0 bridgehead atoms. The molecule has 0 unspecified atom stereocenters. The van der Waals surface area contributed by atoms with Crippen molar-refractivity contribution in [2.75, 3.05) is 10.8 Å². The van der Waals surface area contributed by atoms with Crippen molar-refractivity contribution < 1.29 is 13.2 Å².